The highest BCUT2D eigenvalue weighted by Gasteiger charge is 2.33. The fraction of sp³-hybridized carbons (Fsp3) is 0.150. The summed E-state index contributed by atoms with van der Waals surface area (Å²) in [6.45, 7) is 0. The molecule has 0 saturated carbocycles. The summed E-state index contributed by atoms with van der Waals surface area (Å²) in [7, 11) is 1.13. The van der Waals surface area contributed by atoms with E-state index in [1.165, 1.54) is 33.8 Å². The molecule has 0 fully saturated rings. The van der Waals surface area contributed by atoms with E-state index in [1.807, 2.05) is 0 Å². The van der Waals surface area contributed by atoms with Gasteiger partial charge in [0, 0.05) is 6.20 Å². The number of benzene rings is 1. The molecule has 2 N–H and O–H groups in total. The zero-order chi connectivity index (χ0) is 23.3. The van der Waals surface area contributed by atoms with Gasteiger partial charge in [-0.1, -0.05) is 12.1 Å². The van der Waals surface area contributed by atoms with Crippen LogP contribution in [0.5, 0.6) is 0 Å². The van der Waals surface area contributed by atoms with Gasteiger partial charge in [0.25, 0.3) is 0 Å². The Morgan fingerprint density at radius 3 is 2.70 bits per heavy atom. The van der Waals surface area contributed by atoms with Crippen LogP contribution in [-0.2, 0) is 15.7 Å². The van der Waals surface area contributed by atoms with Gasteiger partial charge in [0.2, 0.25) is 11.8 Å². The van der Waals surface area contributed by atoms with Crippen LogP contribution in [-0.4, -0.2) is 42.4 Å². The maximum atomic E-state index is 13.2. The van der Waals surface area contributed by atoms with Gasteiger partial charge in [-0.25, -0.2) is 9.78 Å². The molecule has 1 atom stereocenters. The van der Waals surface area contributed by atoms with Gasteiger partial charge in [-0.05, 0) is 29.8 Å². The topological polar surface area (TPSA) is 126 Å². The molecule has 4 aromatic heterocycles. The van der Waals surface area contributed by atoms with Crippen LogP contribution in [0.15, 0.2) is 53.3 Å². The van der Waals surface area contributed by atoms with Gasteiger partial charge >= 0.3 is 12.1 Å². The highest BCUT2D eigenvalue weighted by molar-refractivity contribution is 5.90. The van der Waals surface area contributed by atoms with E-state index < -0.39 is 23.8 Å². The van der Waals surface area contributed by atoms with Crippen molar-refractivity contribution >= 4 is 28.6 Å². The number of esters is 1. The van der Waals surface area contributed by atoms with E-state index in [4.69, 9.17) is 14.9 Å². The number of aromatic nitrogens is 6. The van der Waals surface area contributed by atoms with Crippen molar-refractivity contribution in [3.05, 3.63) is 60.0 Å². The number of nitrogen functional groups attached to an aromatic ring is 1. The molecule has 0 bridgehead atoms. The Morgan fingerprint density at radius 1 is 1.18 bits per heavy atom. The second kappa shape index (κ2) is 7.32. The number of nitrogens with two attached hydrogens (primary N) is 1. The zero-order valence-corrected chi connectivity index (χ0v) is 16.8. The van der Waals surface area contributed by atoms with Crippen molar-refractivity contribution in [3.8, 4) is 11.6 Å². The van der Waals surface area contributed by atoms with Crippen molar-refractivity contribution in [2.45, 2.75) is 12.2 Å². The van der Waals surface area contributed by atoms with E-state index in [9.17, 15) is 18.0 Å². The molecule has 168 valence electrons. The van der Waals surface area contributed by atoms with Crippen molar-refractivity contribution in [1.82, 2.24) is 29.4 Å². The van der Waals surface area contributed by atoms with Crippen molar-refractivity contribution in [3.63, 3.8) is 0 Å². The number of hydrogen-bond donors (Lipinski definition) is 1. The Morgan fingerprint density at radius 2 is 2.00 bits per heavy atom. The standard InChI is InChI=1S/C20H14F3N7O3/c1-32-18(31)14(10-4-2-5-11(8-10)20(21,22)23)29-9-12-15(27-29)26-19(24)30-17(12)25-16(28-30)13-6-3-7-33-13/h2-9,14H,1H3,(H2,24,26,27). The first-order valence-electron chi connectivity index (χ1n) is 9.46. The normalized spacial score (nSPS) is 13.0. The Kier molecular flexibility index (Phi) is 4.55. The Bertz CT molecular complexity index is 1490. The molecule has 0 radical (unpaired) electrons. The number of carbonyl (C=O) groups excluding carboxylic acids is 1. The minimum absolute atomic E-state index is 0.0262. The average Bonchev–Trinajstić information content (AvgIpc) is 3.52. The van der Waals surface area contributed by atoms with Gasteiger partial charge < -0.3 is 14.9 Å². The molecule has 0 aliphatic rings. The van der Waals surface area contributed by atoms with Crippen LogP contribution < -0.4 is 5.73 Å². The van der Waals surface area contributed by atoms with E-state index in [1.54, 1.807) is 12.1 Å². The minimum atomic E-state index is -4.59. The van der Waals surface area contributed by atoms with Crippen LogP contribution >= 0.6 is 0 Å². The first-order valence-corrected chi connectivity index (χ1v) is 9.46. The minimum Gasteiger partial charge on any atom is -0.467 e. The number of hydrogen-bond acceptors (Lipinski definition) is 8. The third kappa shape index (κ3) is 3.43. The summed E-state index contributed by atoms with van der Waals surface area (Å²) in [4.78, 5) is 21.2. The van der Waals surface area contributed by atoms with Crippen molar-refractivity contribution < 1.29 is 27.1 Å². The number of fused-ring (bicyclic) bond motifs is 3. The quantitative estimate of drug-likeness (QED) is 0.408. The molecule has 1 aromatic carbocycles. The van der Waals surface area contributed by atoms with Gasteiger partial charge in [-0.2, -0.15) is 27.8 Å². The van der Waals surface area contributed by atoms with E-state index in [-0.39, 0.29) is 28.6 Å². The number of carbonyl (C=O) groups is 1. The number of methoxy groups -OCH3 is 1. The monoisotopic (exact) mass is 457 g/mol. The Balaban J connectivity index is 1.69. The molecule has 5 aromatic rings. The first-order chi connectivity index (χ1) is 15.8. The SMILES string of the molecule is COC(=O)C(c1cccc(C(F)(F)F)c1)n1cc2c(nc(N)n3nc(-c4ccco4)nc23)n1. The van der Waals surface area contributed by atoms with E-state index in [0.717, 1.165) is 19.2 Å². The summed E-state index contributed by atoms with van der Waals surface area (Å²) in [6.07, 6.45) is -1.69. The summed E-state index contributed by atoms with van der Waals surface area (Å²) in [5, 5.41) is 8.92. The number of alkyl halides is 3. The third-order valence-electron chi connectivity index (χ3n) is 4.96. The second-order valence-corrected chi connectivity index (χ2v) is 7.01. The van der Waals surface area contributed by atoms with Gasteiger partial charge in [-0.15, -0.1) is 5.10 Å². The first kappa shape index (κ1) is 20.5. The molecule has 0 saturated heterocycles. The molecular formula is C20H14F3N7O3. The lowest BCUT2D eigenvalue weighted by Gasteiger charge is -2.17. The highest BCUT2D eigenvalue weighted by atomic mass is 19.4. The molecule has 0 spiro atoms. The summed E-state index contributed by atoms with van der Waals surface area (Å²) >= 11 is 0. The number of nitrogens with zero attached hydrogens (tertiary/aromatic N) is 6. The van der Waals surface area contributed by atoms with Crippen molar-refractivity contribution in [2.75, 3.05) is 12.8 Å². The highest BCUT2D eigenvalue weighted by Crippen LogP contribution is 2.32. The lowest BCUT2D eigenvalue weighted by atomic mass is 10.0. The van der Waals surface area contributed by atoms with Crippen LogP contribution in [0.3, 0.4) is 0 Å². The molecule has 4 heterocycles. The number of halogens is 3. The lowest BCUT2D eigenvalue weighted by Crippen LogP contribution is -2.23. The maximum Gasteiger partial charge on any atom is 0.416 e. The van der Waals surface area contributed by atoms with E-state index in [2.05, 4.69) is 20.2 Å². The molecule has 5 rings (SSSR count). The van der Waals surface area contributed by atoms with Crippen LogP contribution in [0.25, 0.3) is 28.3 Å². The summed E-state index contributed by atoms with van der Waals surface area (Å²) in [6, 6.07) is 6.41. The number of anilines is 1. The summed E-state index contributed by atoms with van der Waals surface area (Å²) in [5.74, 6) is -0.197. The molecule has 1 unspecified atom stereocenters. The third-order valence-corrected chi connectivity index (χ3v) is 4.96. The molecule has 13 heteroatoms. The summed E-state index contributed by atoms with van der Waals surface area (Å²) in [5.41, 5.74) is 5.52. The molecule has 0 aliphatic heterocycles. The molecular weight excluding hydrogens is 443 g/mol. The van der Waals surface area contributed by atoms with Gasteiger partial charge in [0.05, 0.1) is 24.3 Å². The van der Waals surface area contributed by atoms with Crippen molar-refractivity contribution in [2.24, 2.45) is 0 Å². The van der Waals surface area contributed by atoms with Gasteiger partial charge in [-0.3, -0.25) is 4.68 Å². The fourth-order valence-corrected chi connectivity index (χ4v) is 3.46. The molecule has 0 aliphatic carbocycles. The Hall–Kier alpha value is -4.42. The van der Waals surface area contributed by atoms with Crippen LogP contribution in [0.1, 0.15) is 17.2 Å². The van der Waals surface area contributed by atoms with Crippen molar-refractivity contribution in [1.29, 1.82) is 0 Å². The predicted octanol–water partition coefficient (Wildman–Crippen LogP) is 3.10. The molecule has 33 heavy (non-hydrogen) atoms. The lowest BCUT2D eigenvalue weighted by molar-refractivity contribution is -0.144. The van der Waals surface area contributed by atoms with Crippen LogP contribution in [0, 0.1) is 0 Å². The Labute approximate surface area is 182 Å². The fourth-order valence-electron chi connectivity index (χ4n) is 3.46. The van der Waals surface area contributed by atoms with Crippen LogP contribution in [0.2, 0.25) is 0 Å². The molecule has 0 amide bonds. The van der Waals surface area contributed by atoms with Gasteiger partial charge in [0.15, 0.2) is 23.1 Å². The van der Waals surface area contributed by atoms with Crippen LogP contribution in [0.4, 0.5) is 19.1 Å². The average molecular weight is 457 g/mol. The second-order valence-electron chi connectivity index (χ2n) is 7.01. The van der Waals surface area contributed by atoms with Gasteiger partial charge in [0.1, 0.15) is 0 Å². The number of rotatable bonds is 4. The van der Waals surface area contributed by atoms with E-state index >= 15 is 0 Å². The summed E-state index contributed by atoms with van der Waals surface area (Å²) < 4.78 is 52.3. The number of ether oxygens (including phenoxy) is 1. The largest absolute Gasteiger partial charge is 0.467 e. The predicted molar refractivity (Wildman–Crippen MR) is 108 cm³/mol. The zero-order valence-electron chi connectivity index (χ0n) is 16.8. The molecule has 10 nitrogen and oxygen atoms in total. The maximum absolute atomic E-state index is 13.2. The van der Waals surface area contributed by atoms with E-state index in [0.29, 0.717) is 11.1 Å². The number of furan rings is 1. The smallest absolute Gasteiger partial charge is 0.416 e.